The molecule has 5 aliphatic rings. The first-order valence-electron chi connectivity index (χ1n) is 15.3. The van der Waals surface area contributed by atoms with E-state index in [2.05, 4.69) is 13.8 Å². The van der Waals surface area contributed by atoms with Gasteiger partial charge in [-0.3, -0.25) is 14.4 Å². The molecule has 4 aliphatic carbocycles. The van der Waals surface area contributed by atoms with E-state index in [1.54, 1.807) is 6.08 Å². The fourth-order valence-electron chi connectivity index (χ4n) is 9.39. The van der Waals surface area contributed by atoms with Gasteiger partial charge in [0.1, 0.15) is 11.7 Å². The lowest BCUT2D eigenvalue weighted by atomic mass is 9.45. The molecule has 0 aromatic carbocycles. The first-order valence-corrected chi connectivity index (χ1v) is 15.3. The number of carbonyl (C=O) groups is 3. The van der Waals surface area contributed by atoms with Crippen molar-refractivity contribution in [3.8, 4) is 0 Å². The fourth-order valence-corrected chi connectivity index (χ4v) is 9.39. The van der Waals surface area contributed by atoms with E-state index >= 15 is 0 Å². The van der Waals surface area contributed by atoms with Crippen LogP contribution < -0.4 is 5.73 Å². The normalized spacial score (nSPS) is 41.4. The predicted molar refractivity (Wildman–Crippen MR) is 147 cm³/mol. The summed E-state index contributed by atoms with van der Waals surface area (Å²) in [5.41, 5.74) is 4.60. The third-order valence-electron chi connectivity index (χ3n) is 11.0. The minimum atomic E-state index is -1.61. The van der Waals surface area contributed by atoms with E-state index in [9.17, 15) is 29.7 Å². The molecule has 0 aromatic rings. The number of nitrogens with two attached hydrogens (primary N) is 1. The Labute approximate surface area is 242 Å². The SMILES string of the molecule is CC(=O)O[C@@H]1C[C@]23COCC(C2CCC2C3=CC(=O)C3C2CCC(CC(C)C)C3C(=O)O)[C@H]1OCC(O)(CN)CO. The molecule has 1 heterocycles. The van der Waals surface area contributed by atoms with Crippen LogP contribution in [-0.4, -0.2) is 83.8 Å². The summed E-state index contributed by atoms with van der Waals surface area (Å²) in [6.07, 6.45) is 5.16. The largest absolute Gasteiger partial charge is 0.481 e. The Balaban J connectivity index is 1.49. The molecule has 5 N–H and O–H groups in total. The lowest BCUT2D eigenvalue weighted by Crippen LogP contribution is -2.65. The number of aliphatic hydroxyl groups excluding tert-OH is 1. The fraction of sp³-hybridized carbons (Fsp3) is 0.839. The van der Waals surface area contributed by atoms with Crippen LogP contribution in [0.2, 0.25) is 0 Å². The standard InChI is InChI=1S/C31H47NO9/c1-16(2)8-18-4-5-20-19-6-7-22-21-11-39-15-31(22,23(19)9-24(35)27(20)26(18)29(36)37)10-25(41-17(3)34)28(21)40-14-30(38,12-32)13-33/h9,16,18-22,25-28,33,38H,4-8,10-15,32H2,1-3H3,(H,36,37)/t18?,19?,20?,21?,22?,25-,26?,27?,28-,30?,31+/m1/s1. The third kappa shape index (κ3) is 5.39. The molecule has 4 fully saturated rings. The zero-order chi connectivity index (χ0) is 29.7. The van der Waals surface area contributed by atoms with Gasteiger partial charge in [-0.15, -0.1) is 0 Å². The molecule has 10 nitrogen and oxygen atoms in total. The maximum Gasteiger partial charge on any atom is 0.307 e. The Morgan fingerprint density at radius 1 is 1.22 bits per heavy atom. The van der Waals surface area contributed by atoms with Gasteiger partial charge >= 0.3 is 11.9 Å². The summed E-state index contributed by atoms with van der Waals surface area (Å²) in [5, 5.41) is 30.5. The van der Waals surface area contributed by atoms with Crippen LogP contribution >= 0.6 is 0 Å². The van der Waals surface area contributed by atoms with Crippen molar-refractivity contribution in [1.29, 1.82) is 0 Å². The predicted octanol–water partition coefficient (Wildman–Crippen LogP) is 1.95. The first-order chi connectivity index (χ1) is 19.4. The van der Waals surface area contributed by atoms with Crippen molar-refractivity contribution in [2.24, 2.45) is 58.5 Å². The highest BCUT2D eigenvalue weighted by atomic mass is 16.6. The van der Waals surface area contributed by atoms with Crippen LogP contribution in [0.5, 0.6) is 0 Å². The number of rotatable bonds is 9. The molecule has 230 valence electrons. The number of allylic oxidation sites excluding steroid dienone is 1. The summed E-state index contributed by atoms with van der Waals surface area (Å²) in [5.74, 6) is -2.17. The van der Waals surface area contributed by atoms with Gasteiger partial charge in [-0.25, -0.2) is 0 Å². The van der Waals surface area contributed by atoms with Gasteiger partial charge in [-0.2, -0.15) is 0 Å². The number of carboxylic acids is 1. The second-order valence-electron chi connectivity index (χ2n) is 13.9. The molecule has 2 bridgehead atoms. The van der Waals surface area contributed by atoms with Crippen LogP contribution in [0.3, 0.4) is 0 Å². The van der Waals surface area contributed by atoms with Gasteiger partial charge in [0, 0.05) is 30.7 Å². The Hall–Kier alpha value is -1.85. The number of hydrogen-bond acceptors (Lipinski definition) is 9. The summed E-state index contributed by atoms with van der Waals surface area (Å²) in [7, 11) is 0. The number of esters is 1. The molecule has 8 unspecified atom stereocenters. The van der Waals surface area contributed by atoms with Crippen molar-refractivity contribution in [2.75, 3.05) is 33.0 Å². The molecule has 3 saturated carbocycles. The van der Waals surface area contributed by atoms with Crippen LogP contribution in [0.15, 0.2) is 11.6 Å². The van der Waals surface area contributed by atoms with Gasteiger partial charge in [-0.05, 0) is 74.2 Å². The Morgan fingerprint density at radius 3 is 2.61 bits per heavy atom. The van der Waals surface area contributed by atoms with Crippen LogP contribution in [-0.2, 0) is 28.6 Å². The van der Waals surface area contributed by atoms with Gasteiger partial charge in [0.05, 0.1) is 38.4 Å². The molecule has 0 radical (unpaired) electrons. The topological polar surface area (TPSA) is 166 Å². The first kappa shape index (κ1) is 30.6. The molecular weight excluding hydrogens is 530 g/mol. The number of aliphatic hydroxyl groups is 2. The number of hydrogen-bond donors (Lipinski definition) is 4. The molecule has 10 heteroatoms. The van der Waals surface area contributed by atoms with E-state index < -0.39 is 53.6 Å². The number of fused-ring (bicyclic) bond motifs is 3. The van der Waals surface area contributed by atoms with E-state index in [1.807, 2.05) is 0 Å². The van der Waals surface area contributed by atoms with E-state index in [0.29, 0.717) is 25.6 Å². The van der Waals surface area contributed by atoms with E-state index in [1.165, 1.54) is 6.92 Å². The minimum Gasteiger partial charge on any atom is -0.481 e. The van der Waals surface area contributed by atoms with Gasteiger partial charge < -0.3 is 35.3 Å². The van der Waals surface area contributed by atoms with Crippen molar-refractivity contribution >= 4 is 17.7 Å². The van der Waals surface area contributed by atoms with Gasteiger partial charge in [0.2, 0.25) is 0 Å². The van der Waals surface area contributed by atoms with Gasteiger partial charge in [0.15, 0.2) is 5.78 Å². The Bertz CT molecular complexity index is 1050. The summed E-state index contributed by atoms with van der Waals surface area (Å²) in [4.78, 5) is 38.7. The van der Waals surface area contributed by atoms with Crippen molar-refractivity contribution in [2.45, 2.75) is 77.1 Å². The second kappa shape index (κ2) is 11.7. The number of ether oxygens (including phenoxy) is 3. The van der Waals surface area contributed by atoms with Crippen LogP contribution in [0.4, 0.5) is 0 Å². The lowest BCUT2D eigenvalue weighted by molar-refractivity contribution is -0.234. The maximum absolute atomic E-state index is 13.9. The Morgan fingerprint density at radius 2 is 1.98 bits per heavy atom. The second-order valence-corrected chi connectivity index (χ2v) is 13.9. The zero-order valence-electron chi connectivity index (χ0n) is 24.5. The highest BCUT2D eigenvalue weighted by molar-refractivity contribution is 5.97. The lowest BCUT2D eigenvalue weighted by Gasteiger charge is -2.63. The number of carbonyl (C=O) groups excluding carboxylic acids is 2. The molecule has 5 rings (SSSR count). The zero-order valence-corrected chi connectivity index (χ0v) is 24.5. The van der Waals surface area contributed by atoms with Crippen molar-refractivity contribution in [1.82, 2.24) is 0 Å². The highest BCUT2D eigenvalue weighted by Gasteiger charge is 2.64. The van der Waals surface area contributed by atoms with E-state index in [-0.39, 0.29) is 48.5 Å². The van der Waals surface area contributed by atoms with Crippen molar-refractivity contribution in [3.63, 3.8) is 0 Å². The quantitative estimate of drug-likeness (QED) is 0.298. The van der Waals surface area contributed by atoms with Crippen molar-refractivity contribution < 1.29 is 43.9 Å². The number of carboxylic acid groups (broad SMARTS) is 1. The van der Waals surface area contributed by atoms with Gasteiger partial charge in [-0.1, -0.05) is 19.4 Å². The van der Waals surface area contributed by atoms with E-state index in [0.717, 1.165) is 37.7 Å². The monoisotopic (exact) mass is 577 g/mol. The van der Waals surface area contributed by atoms with Crippen LogP contribution in [0, 0.1) is 52.8 Å². The molecule has 41 heavy (non-hydrogen) atoms. The molecule has 1 aliphatic heterocycles. The minimum absolute atomic E-state index is 0.00318. The maximum atomic E-state index is 13.9. The number of ketones is 1. The van der Waals surface area contributed by atoms with E-state index in [4.69, 9.17) is 19.9 Å². The molecule has 0 amide bonds. The molecule has 0 spiro atoms. The molecular formula is C31H47NO9. The van der Waals surface area contributed by atoms with Crippen molar-refractivity contribution in [3.05, 3.63) is 11.6 Å². The molecule has 11 atom stereocenters. The van der Waals surface area contributed by atoms with Crippen LogP contribution in [0.1, 0.15) is 59.3 Å². The van der Waals surface area contributed by atoms with Gasteiger partial charge in [0.25, 0.3) is 0 Å². The smallest absolute Gasteiger partial charge is 0.307 e. The average molecular weight is 578 g/mol. The molecule has 0 aromatic heterocycles. The Kier molecular flexibility index (Phi) is 8.72. The highest BCUT2D eigenvalue weighted by Crippen LogP contribution is 2.64. The summed E-state index contributed by atoms with van der Waals surface area (Å²) >= 11 is 0. The van der Waals surface area contributed by atoms with Crippen LogP contribution in [0.25, 0.3) is 0 Å². The summed E-state index contributed by atoms with van der Waals surface area (Å²) < 4.78 is 18.2. The summed E-state index contributed by atoms with van der Waals surface area (Å²) in [6, 6.07) is 0. The third-order valence-corrected chi connectivity index (χ3v) is 11.0. The number of aliphatic carboxylic acids is 1. The molecule has 1 saturated heterocycles. The summed E-state index contributed by atoms with van der Waals surface area (Å²) in [6.45, 7) is 5.42. The average Bonchev–Trinajstić information content (AvgIpc) is 2.91.